The summed E-state index contributed by atoms with van der Waals surface area (Å²) in [6.07, 6.45) is 1.14. The predicted octanol–water partition coefficient (Wildman–Crippen LogP) is 1.10. The Bertz CT molecular complexity index is 598. The van der Waals surface area contributed by atoms with Crippen LogP contribution < -0.4 is 5.32 Å². The number of aromatic nitrogens is 2. The molecule has 3 rings (SSSR count). The largest absolute Gasteiger partial charge is 0.390 e. The number of aliphatic hydroxyl groups is 1. The highest BCUT2D eigenvalue weighted by molar-refractivity contribution is 7.18. The number of aryl methyl sites for hydroxylation is 1. The molecule has 0 bridgehead atoms. The molecule has 3 heterocycles. The van der Waals surface area contributed by atoms with Crippen molar-refractivity contribution < 1.29 is 9.84 Å². The Labute approximate surface area is 127 Å². The molecule has 6 nitrogen and oxygen atoms in total. The number of anilines is 1. The van der Waals surface area contributed by atoms with Gasteiger partial charge < -0.3 is 15.2 Å². The van der Waals surface area contributed by atoms with Crippen LogP contribution in [0.4, 0.5) is 5.82 Å². The van der Waals surface area contributed by atoms with E-state index in [1.165, 1.54) is 4.88 Å². The average Bonchev–Trinajstić information content (AvgIpc) is 2.87. The van der Waals surface area contributed by atoms with E-state index < -0.39 is 6.10 Å². The van der Waals surface area contributed by atoms with E-state index in [1.807, 2.05) is 0 Å². The van der Waals surface area contributed by atoms with Crippen LogP contribution in [0.25, 0.3) is 10.2 Å². The Balaban J connectivity index is 1.58. The fraction of sp³-hybridized carbons (Fsp3) is 0.571. The van der Waals surface area contributed by atoms with Gasteiger partial charge in [0, 0.05) is 31.1 Å². The van der Waals surface area contributed by atoms with Crippen molar-refractivity contribution in [3.05, 3.63) is 17.3 Å². The van der Waals surface area contributed by atoms with Gasteiger partial charge in [-0.25, -0.2) is 9.97 Å². The van der Waals surface area contributed by atoms with E-state index in [4.69, 9.17) is 4.74 Å². The first kappa shape index (κ1) is 14.6. The molecule has 2 N–H and O–H groups in total. The van der Waals surface area contributed by atoms with Crippen molar-refractivity contribution in [2.45, 2.75) is 13.0 Å². The summed E-state index contributed by atoms with van der Waals surface area (Å²) >= 11 is 1.65. The number of aliphatic hydroxyl groups excluding tert-OH is 1. The lowest BCUT2D eigenvalue weighted by Gasteiger charge is -2.28. The van der Waals surface area contributed by atoms with Crippen molar-refractivity contribution in [1.29, 1.82) is 0 Å². The minimum absolute atomic E-state index is 0.423. The summed E-state index contributed by atoms with van der Waals surface area (Å²) in [7, 11) is 0. The molecule has 1 aliphatic rings. The van der Waals surface area contributed by atoms with E-state index in [-0.39, 0.29) is 0 Å². The lowest BCUT2D eigenvalue weighted by molar-refractivity contribution is 0.0171. The standard InChI is InChI=1S/C14H20N4O2S/c1-10-6-12-13(16-9-17-14(12)21-10)15-7-11(19)8-18-2-4-20-5-3-18/h6,9,11,19H,2-5,7-8H2,1H3,(H,15,16,17). The lowest BCUT2D eigenvalue weighted by Crippen LogP contribution is -2.42. The summed E-state index contributed by atoms with van der Waals surface area (Å²) in [5.41, 5.74) is 0. The molecule has 1 saturated heterocycles. The van der Waals surface area contributed by atoms with Crippen molar-refractivity contribution in [1.82, 2.24) is 14.9 Å². The summed E-state index contributed by atoms with van der Waals surface area (Å²) in [5, 5.41) is 14.4. The van der Waals surface area contributed by atoms with Crippen LogP contribution in [0.3, 0.4) is 0 Å². The molecule has 1 atom stereocenters. The number of ether oxygens (including phenoxy) is 1. The SMILES string of the molecule is Cc1cc2c(NCC(O)CN3CCOCC3)ncnc2s1. The predicted molar refractivity (Wildman–Crippen MR) is 83.9 cm³/mol. The average molecular weight is 308 g/mol. The van der Waals surface area contributed by atoms with E-state index in [1.54, 1.807) is 17.7 Å². The Hall–Kier alpha value is -1.28. The van der Waals surface area contributed by atoms with E-state index in [2.05, 4.69) is 33.2 Å². The smallest absolute Gasteiger partial charge is 0.138 e. The van der Waals surface area contributed by atoms with Gasteiger partial charge in [-0.15, -0.1) is 11.3 Å². The van der Waals surface area contributed by atoms with Crippen molar-refractivity contribution in [2.24, 2.45) is 0 Å². The Morgan fingerprint density at radius 2 is 2.24 bits per heavy atom. The summed E-state index contributed by atoms with van der Waals surface area (Å²) in [6.45, 7) is 6.48. The molecular weight excluding hydrogens is 288 g/mol. The summed E-state index contributed by atoms with van der Waals surface area (Å²) in [4.78, 5) is 13.0. The number of β-amino-alcohol motifs (C(OH)–C–C–N with tert-alkyl or cyclic N) is 1. The molecule has 7 heteroatoms. The molecule has 0 radical (unpaired) electrons. The van der Waals surface area contributed by atoms with Gasteiger partial charge in [-0.3, -0.25) is 4.90 Å². The molecule has 0 saturated carbocycles. The van der Waals surface area contributed by atoms with Crippen LogP contribution in [-0.2, 0) is 4.74 Å². The van der Waals surface area contributed by atoms with Crippen LogP contribution in [0.5, 0.6) is 0 Å². The van der Waals surface area contributed by atoms with Gasteiger partial charge in [0.15, 0.2) is 0 Å². The molecule has 2 aromatic heterocycles. The number of morpholine rings is 1. The van der Waals surface area contributed by atoms with Gasteiger partial charge in [-0.2, -0.15) is 0 Å². The Kier molecular flexibility index (Phi) is 4.64. The first-order chi connectivity index (χ1) is 10.2. The van der Waals surface area contributed by atoms with Gasteiger partial charge in [0.05, 0.1) is 24.7 Å². The van der Waals surface area contributed by atoms with Crippen LogP contribution >= 0.6 is 11.3 Å². The number of nitrogens with one attached hydrogen (secondary N) is 1. The lowest BCUT2D eigenvalue weighted by atomic mass is 10.3. The molecule has 2 aromatic rings. The number of thiophene rings is 1. The molecule has 21 heavy (non-hydrogen) atoms. The highest BCUT2D eigenvalue weighted by atomic mass is 32.1. The maximum absolute atomic E-state index is 10.2. The van der Waals surface area contributed by atoms with Crippen LogP contribution in [0.2, 0.25) is 0 Å². The van der Waals surface area contributed by atoms with Crippen LogP contribution in [0.15, 0.2) is 12.4 Å². The number of hydrogen-bond donors (Lipinski definition) is 2. The highest BCUT2D eigenvalue weighted by Crippen LogP contribution is 2.27. The number of fused-ring (bicyclic) bond motifs is 1. The number of rotatable bonds is 5. The third-order valence-corrected chi connectivity index (χ3v) is 4.49. The second kappa shape index (κ2) is 6.65. The molecule has 1 aliphatic heterocycles. The van der Waals surface area contributed by atoms with E-state index >= 15 is 0 Å². The van der Waals surface area contributed by atoms with Crippen molar-refractivity contribution in [3.63, 3.8) is 0 Å². The van der Waals surface area contributed by atoms with Gasteiger partial charge in [0.1, 0.15) is 17.0 Å². The summed E-state index contributed by atoms with van der Waals surface area (Å²) < 4.78 is 5.31. The monoisotopic (exact) mass is 308 g/mol. The minimum Gasteiger partial charge on any atom is -0.390 e. The van der Waals surface area contributed by atoms with Crippen LogP contribution in [0.1, 0.15) is 4.88 Å². The van der Waals surface area contributed by atoms with Gasteiger partial charge in [0.2, 0.25) is 0 Å². The molecule has 0 spiro atoms. The topological polar surface area (TPSA) is 70.5 Å². The summed E-state index contributed by atoms with van der Waals surface area (Å²) in [6, 6.07) is 2.08. The zero-order chi connectivity index (χ0) is 14.7. The first-order valence-corrected chi connectivity index (χ1v) is 7.97. The van der Waals surface area contributed by atoms with Crippen molar-refractivity contribution in [2.75, 3.05) is 44.7 Å². The Morgan fingerprint density at radius 1 is 1.43 bits per heavy atom. The Morgan fingerprint density at radius 3 is 3.05 bits per heavy atom. The zero-order valence-electron chi connectivity index (χ0n) is 12.1. The second-order valence-corrected chi connectivity index (χ2v) is 6.48. The van der Waals surface area contributed by atoms with E-state index in [9.17, 15) is 5.11 Å². The number of nitrogens with zero attached hydrogens (tertiary/aromatic N) is 3. The normalized spacial score (nSPS) is 18.0. The molecule has 114 valence electrons. The number of hydrogen-bond acceptors (Lipinski definition) is 7. The van der Waals surface area contributed by atoms with Gasteiger partial charge in [-0.05, 0) is 13.0 Å². The quantitative estimate of drug-likeness (QED) is 0.862. The van der Waals surface area contributed by atoms with Crippen molar-refractivity contribution in [3.8, 4) is 0 Å². The van der Waals surface area contributed by atoms with Gasteiger partial charge >= 0.3 is 0 Å². The molecular formula is C14H20N4O2S. The third kappa shape index (κ3) is 3.68. The minimum atomic E-state index is -0.423. The fourth-order valence-corrected chi connectivity index (χ4v) is 3.32. The van der Waals surface area contributed by atoms with Crippen molar-refractivity contribution >= 4 is 27.4 Å². The first-order valence-electron chi connectivity index (χ1n) is 7.15. The van der Waals surface area contributed by atoms with E-state index in [0.717, 1.165) is 42.3 Å². The molecule has 1 fully saturated rings. The van der Waals surface area contributed by atoms with Crippen LogP contribution in [-0.4, -0.2) is 65.5 Å². The molecule has 0 amide bonds. The summed E-state index contributed by atoms with van der Waals surface area (Å²) in [5.74, 6) is 0.797. The zero-order valence-corrected chi connectivity index (χ0v) is 12.9. The van der Waals surface area contributed by atoms with E-state index in [0.29, 0.717) is 13.1 Å². The fourth-order valence-electron chi connectivity index (χ4n) is 2.48. The molecule has 0 aromatic carbocycles. The van der Waals surface area contributed by atoms with Gasteiger partial charge in [0.25, 0.3) is 0 Å². The van der Waals surface area contributed by atoms with Gasteiger partial charge in [-0.1, -0.05) is 0 Å². The molecule has 0 aliphatic carbocycles. The van der Waals surface area contributed by atoms with Crippen LogP contribution in [0, 0.1) is 6.92 Å². The highest BCUT2D eigenvalue weighted by Gasteiger charge is 2.15. The maximum Gasteiger partial charge on any atom is 0.138 e. The molecule has 1 unspecified atom stereocenters. The third-order valence-electron chi connectivity index (χ3n) is 3.53. The maximum atomic E-state index is 10.2. The second-order valence-electron chi connectivity index (χ2n) is 5.25.